The molecule has 0 aromatic heterocycles. The van der Waals surface area contributed by atoms with E-state index in [-0.39, 0.29) is 28.1 Å². The fourth-order valence-electron chi connectivity index (χ4n) is 2.84. The molecule has 0 fully saturated rings. The van der Waals surface area contributed by atoms with Gasteiger partial charge in [0.25, 0.3) is 0 Å². The van der Waals surface area contributed by atoms with Crippen LogP contribution in [0.4, 0.5) is 0 Å². The molecule has 11 nitrogen and oxygen atoms in total. The molecule has 0 bridgehead atoms. The molecule has 0 heterocycles. The number of aromatic hydroxyl groups is 2. The van der Waals surface area contributed by atoms with Crippen molar-refractivity contribution in [2.45, 2.75) is 6.61 Å². The predicted octanol–water partition coefficient (Wildman–Crippen LogP) is 5.77. The Kier molecular flexibility index (Phi) is 14.6. The summed E-state index contributed by atoms with van der Waals surface area (Å²) < 4.78 is 26.5. The summed E-state index contributed by atoms with van der Waals surface area (Å²) in [6, 6.07) is 8.77. The second-order valence-electron chi connectivity index (χ2n) is 7.29. The highest BCUT2D eigenvalue weighted by molar-refractivity contribution is 9.11. The number of halogens is 3. The number of rotatable bonds is 7. The van der Waals surface area contributed by atoms with E-state index >= 15 is 0 Å². The number of aliphatic hydroxyl groups is 1. The molecule has 3 aromatic rings. The minimum atomic E-state index is -1.20. The summed E-state index contributed by atoms with van der Waals surface area (Å²) in [6.45, 7) is -0.0278. The van der Waals surface area contributed by atoms with Crippen molar-refractivity contribution in [3.63, 3.8) is 0 Å². The van der Waals surface area contributed by atoms with E-state index in [0.717, 1.165) is 22.2 Å². The van der Waals surface area contributed by atoms with Crippen molar-refractivity contribution in [1.29, 1.82) is 0 Å². The lowest BCUT2D eigenvalue weighted by Crippen LogP contribution is -2.02. The van der Waals surface area contributed by atoms with Crippen LogP contribution in [0.1, 0.15) is 26.3 Å². The van der Waals surface area contributed by atoms with Crippen LogP contribution in [0.15, 0.2) is 49.8 Å². The van der Waals surface area contributed by atoms with Gasteiger partial charge in [0.2, 0.25) is 0 Å². The maximum Gasteiger partial charge on any atom is 0.338 e. The fourth-order valence-corrected chi connectivity index (χ4v) is 4.17. The van der Waals surface area contributed by atoms with Gasteiger partial charge in [-0.05, 0) is 89.8 Å². The molecule has 0 radical (unpaired) electrons. The number of carbonyl (C=O) groups excluding carboxylic acids is 1. The van der Waals surface area contributed by atoms with Gasteiger partial charge in [-0.25, -0.2) is 9.59 Å². The SMILES string of the molecule is COC(=O)c1cc(OC)c(Br)c(OC)c1.COc1cc(CO)cc(OC)c1Br.O=C(O)c1cc(O)c(Br)c(O)c1. The van der Waals surface area contributed by atoms with Gasteiger partial charge in [-0.1, -0.05) is 0 Å². The Morgan fingerprint density at radius 2 is 1.02 bits per heavy atom. The van der Waals surface area contributed by atoms with Crippen LogP contribution in [0.25, 0.3) is 0 Å². The second kappa shape index (κ2) is 16.8. The van der Waals surface area contributed by atoms with Crippen LogP contribution in [-0.4, -0.2) is 67.9 Å². The van der Waals surface area contributed by atoms with Crippen molar-refractivity contribution in [1.82, 2.24) is 0 Å². The minimum Gasteiger partial charge on any atom is -0.507 e. The summed E-state index contributed by atoms with van der Waals surface area (Å²) in [5, 5.41) is 35.5. The van der Waals surface area contributed by atoms with Crippen molar-refractivity contribution in [2.24, 2.45) is 0 Å². The predicted molar refractivity (Wildman–Crippen MR) is 156 cm³/mol. The monoisotopic (exact) mass is 752 g/mol. The fraction of sp³-hybridized carbons (Fsp3) is 0.231. The van der Waals surface area contributed by atoms with E-state index < -0.39 is 11.9 Å². The zero-order valence-electron chi connectivity index (χ0n) is 22.0. The van der Waals surface area contributed by atoms with E-state index in [0.29, 0.717) is 33.0 Å². The van der Waals surface area contributed by atoms with Gasteiger partial charge in [0.05, 0.1) is 53.3 Å². The Bertz CT molecular complexity index is 1260. The number of methoxy groups -OCH3 is 5. The number of esters is 1. The molecule has 0 saturated heterocycles. The van der Waals surface area contributed by atoms with Crippen LogP contribution >= 0.6 is 47.8 Å². The van der Waals surface area contributed by atoms with Crippen LogP contribution < -0.4 is 18.9 Å². The summed E-state index contributed by atoms with van der Waals surface area (Å²) in [6.07, 6.45) is 0. The first-order valence-corrected chi connectivity index (χ1v) is 13.2. The Morgan fingerprint density at radius 3 is 1.32 bits per heavy atom. The van der Waals surface area contributed by atoms with E-state index in [9.17, 15) is 9.59 Å². The molecule has 4 N–H and O–H groups in total. The Balaban J connectivity index is 0.000000302. The highest BCUT2D eigenvalue weighted by atomic mass is 79.9. The third kappa shape index (κ3) is 9.47. The number of aliphatic hydroxyl groups excluding tert-OH is 1. The molecule has 3 rings (SSSR count). The highest BCUT2D eigenvalue weighted by Crippen LogP contribution is 2.37. The molecule has 0 spiro atoms. The molecule has 0 aliphatic rings. The highest BCUT2D eigenvalue weighted by Gasteiger charge is 2.15. The van der Waals surface area contributed by atoms with Crippen molar-refractivity contribution in [3.8, 4) is 34.5 Å². The molecule has 0 aliphatic heterocycles. The standard InChI is InChI=1S/C10H11BrO4.C9H11BrO3.C7H5BrO4/c1-13-7-4-6(10(12)15-3)5-8(14-2)9(7)11;1-12-7-3-6(5-11)4-8(13-2)9(7)10;8-6-4(9)1-3(7(11)12)2-5(6)10/h4-5H,1-3H3;3-4,11H,5H2,1-2H3;1-2,9-10H,(H,11,12). The van der Waals surface area contributed by atoms with Crippen molar-refractivity contribution >= 4 is 59.7 Å². The number of aromatic carboxylic acids is 1. The van der Waals surface area contributed by atoms with E-state index in [1.54, 1.807) is 38.5 Å². The van der Waals surface area contributed by atoms with Crippen LogP contribution in [0.2, 0.25) is 0 Å². The Labute approximate surface area is 255 Å². The molecule has 0 atom stereocenters. The van der Waals surface area contributed by atoms with Gasteiger partial charge >= 0.3 is 11.9 Å². The van der Waals surface area contributed by atoms with Gasteiger partial charge in [-0.15, -0.1) is 0 Å². The molecule has 14 heteroatoms. The van der Waals surface area contributed by atoms with Crippen molar-refractivity contribution < 1.29 is 53.7 Å². The third-order valence-electron chi connectivity index (χ3n) is 4.84. The largest absolute Gasteiger partial charge is 0.507 e. The number of ether oxygens (including phenoxy) is 5. The summed E-state index contributed by atoms with van der Waals surface area (Å²) in [5.74, 6) is 0.128. The smallest absolute Gasteiger partial charge is 0.338 e. The first-order chi connectivity index (χ1) is 18.9. The third-order valence-corrected chi connectivity index (χ3v) is 7.21. The molecule has 0 aliphatic carbocycles. The van der Waals surface area contributed by atoms with Gasteiger partial charge in [0, 0.05) is 0 Å². The zero-order chi connectivity index (χ0) is 30.6. The van der Waals surface area contributed by atoms with Gasteiger partial charge in [0.1, 0.15) is 47.9 Å². The first kappa shape index (κ1) is 34.8. The molecule has 0 amide bonds. The quantitative estimate of drug-likeness (QED) is 0.217. The molecular formula is C26H27Br3O11. The first-order valence-electron chi connectivity index (χ1n) is 10.8. The Hall–Kier alpha value is -3.20. The number of hydrogen-bond donors (Lipinski definition) is 4. The lowest BCUT2D eigenvalue weighted by atomic mass is 10.2. The van der Waals surface area contributed by atoms with Crippen LogP contribution in [0.5, 0.6) is 34.5 Å². The summed E-state index contributed by atoms with van der Waals surface area (Å²) in [5.41, 5.74) is 0.986. The van der Waals surface area contributed by atoms with E-state index in [4.69, 9.17) is 39.4 Å². The topological polar surface area (TPSA) is 161 Å². The maximum atomic E-state index is 11.3. The van der Waals surface area contributed by atoms with Crippen molar-refractivity contribution in [2.75, 3.05) is 35.5 Å². The number of carboxylic acid groups (broad SMARTS) is 1. The number of phenols is 2. The van der Waals surface area contributed by atoms with Crippen LogP contribution in [0.3, 0.4) is 0 Å². The second-order valence-corrected chi connectivity index (χ2v) is 9.67. The average molecular weight is 755 g/mol. The Morgan fingerprint density at radius 1 is 0.650 bits per heavy atom. The molecule has 40 heavy (non-hydrogen) atoms. The summed E-state index contributed by atoms with van der Waals surface area (Å²) in [7, 11) is 7.49. The van der Waals surface area contributed by atoms with Gasteiger partial charge < -0.3 is 44.1 Å². The minimum absolute atomic E-state index is 0.0278. The molecule has 0 saturated carbocycles. The number of phenolic OH excluding ortho intramolecular Hbond substituents is 2. The normalized spacial score (nSPS) is 9.72. The van der Waals surface area contributed by atoms with E-state index in [1.165, 1.54) is 21.3 Å². The van der Waals surface area contributed by atoms with Gasteiger partial charge in [-0.3, -0.25) is 0 Å². The maximum absolute atomic E-state index is 11.3. The van der Waals surface area contributed by atoms with Crippen molar-refractivity contribution in [3.05, 3.63) is 66.5 Å². The molecule has 0 unspecified atom stereocenters. The van der Waals surface area contributed by atoms with Gasteiger partial charge in [-0.2, -0.15) is 0 Å². The van der Waals surface area contributed by atoms with E-state index in [2.05, 4.69) is 52.5 Å². The lowest BCUT2D eigenvalue weighted by molar-refractivity contribution is 0.0599. The molecule has 218 valence electrons. The average Bonchev–Trinajstić information content (AvgIpc) is 2.96. The molecule has 3 aromatic carbocycles. The number of carbonyl (C=O) groups is 2. The van der Waals surface area contributed by atoms with Gasteiger partial charge in [0.15, 0.2) is 0 Å². The summed E-state index contributed by atoms with van der Waals surface area (Å²) >= 11 is 9.51. The number of benzene rings is 3. The number of carboxylic acids is 1. The zero-order valence-corrected chi connectivity index (χ0v) is 26.7. The lowest BCUT2D eigenvalue weighted by Gasteiger charge is -2.10. The van der Waals surface area contributed by atoms with E-state index in [1.807, 2.05) is 0 Å². The molecular weight excluding hydrogens is 728 g/mol. The van der Waals surface area contributed by atoms with Crippen LogP contribution in [0, 0.1) is 0 Å². The number of hydrogen-bond acceptors (Lipinski definition) is 10. The van der Waals surface area contributed by atoms with Crippen LogP contribution in [-0.2, 0) is 11.3 Å². The summed E-state index contributed by atoms with van der Waals surface area (Å²) in [4.78, 5) is 21.7.